The number of rotatable bonds is 6. The van der Waals surface area contributed by atoms with Gasteiger partial charge in [-0.05, 0) is 61.6 Å². The first-order chi connectivity index (χ1) is 13.8. The molecule has 2 aromatic rings. The van der Waals surface area contributed by atoms with Crippen LogP contribution in [0.5, 0.6) is 0 Å². The topological polar surface area (TPSA) is 33.1 Å². The Morgan fingerprint density at radius 1 is 1.28 bits per heavy atom. The molecule has 1 atom stereocenters. The van der Waals surface area contributed by atoms with Crippen LogP contribution in [-0.2, 0) is 0 Å². The highest BCUT2D eigenvalue weighted by Gasteiger charge is 2.31. The number of hydrogen-bond donors (Lipinski definition) is 1. The number of benzene rings is 1. The maximum absolute atomic E-state index is 6.16. The van der Waals surface area contributed by atoms with Gasteiger partial charge in [0.15, 0.2) is 0 Å². The number of aromatic nitrogens is 2. The summed E-state index contributed by atoms with van der Waals surface area (Å²) in [6.45, 7) is 12.5. The third-order valence-electron chi connectivity index (χ3n) is 5.53. The fourth-order valence-corrected chi connectivity index (χ4v) is 3.91. The molecule has 150 valence electrons. The minimum atomic E-state index is -0.0680. The number of likely N-dealkylation sites (N-methyl/N-ethyl adjacent to an activating group) is 1. The van der Waals surface area contributed by atoms with Gasteiger partial charge in [-0.3, -0.25) is 4.68 Å². The summed E-state index contributed by atoms with van der Waals surface area (Å²) in [6.07, 6.45) is 8.55. The van der Waals surface area contributed by atoms with Crippen molar-refractivity contribution in [2.24, 2.45) is 0 Å². The van der Waals surface area contributed by atoms with Gasteiger partial charge in [0, 0.05) is 29.5 Å². The molecule has 0 bridgehead atoms. The zero-order valence-electron chi connectivity index (χ0n) is 17.2. The standard InChI is InChI=1S/C24H27ClN4/c1-15(2)24-22(13-26-29(24)21-10-11-21)23(18-6-8-19(25)9-7-18)27-20-12-16(3)17(4)28(5)14-20/h6-9,12-14,21,23,27H,1,4,10-11H2,2-3,5H3. The highest BCUT2D eigenvalue weighted by atomic mass is 35.5. The smallest absolute Gasteiger partial charge is 0.0804 e. The molecule has 1 aliphatic heterocycles. The van der Waals surface area contributed by atoms with Gasteiger partial charge in [0.2, 0.25) is 0 Å². The van der Waals surface area contributed by atoms with Crippen LogP contribution in [0.25, 0.3) is 5.57 Å². The Bertz CT molecular complexity index is 1020. The predicted molar refractivity (Wildman–Crippen MR) is 120 cm³/mol. The maximum Gasteiger partial charge on any atom is 0.0804 e. The van der Waals surface area contributed by atoms with Crippen molar-refractivity contribution < 1.29 is 0 Å². The molecule has 2 aliphatic rings. The van der Waals surface area contributed by atoms with E-state index in [0.717, 1.165) is 44.4 Å². The molecular formula is C24H27ClN4. The summed E-state index contributed by atoms with van der Waals surface area (Å²) in [5.41, 5.74) is 7.58. The van der Waals surface area contributed by atoms with E-state index in [1.165, 1.54) is 12.8 Å². The molecule has 5 heteroatoms. The minimum Gasteiger partial charge on any atom is -0.373 e. The van der Waals surface area contributed by atoms with Crippen LogP contribution < -0.4 is 5.32 Å². The van der Waals surface area contributed by atoms with Crippen LogP contribution in [0.15, 0.2) is 72.9 Å². The van der Waals surface area contributed by atoms with Crippen LogP contribution in [0, 0.1) is 0 Å². The molecule has 1 aliphatic carbocycles. The second kappa shape index (κ2) is 7.60. The van der Waals surface area contributed by atoms with Crippen molar-refractivity contribution in [2.75, 3.05) is 7.05 Å². The first-order valence-electron chi connectivity index (χ1n) is 9.92. The average molecular weight is 407 g/mol. The molecule has 1 aromatic carbocycles. The van der Waals surface area contributed by atoms with Crippen LogP contribution in [0.2, 0.25) is 5.02 Å². The molecule has 1 unspecified atom stereocenters. The lowest BCUT2D eigenvalue weighted by molar-refractivity contribution is 0.553. The number of nitrogens with one attached hydrogen (secondary N) is 1. The van der Waals surface area contributed by atoms with Crippen LogP contribution in [0.4, 0.5) is 0 Å². The van der Waals surface area contributed by atoms with Crippen molar-refractivity contribution in [3.8, 4) is 0 Å². The second-order valence-electron chi connectivity index (χ2n) is 8.00. The van der Waals surface area contributed by atoms with Crippen molar-refractivity contribution >= 4 is 17.2 Å². The Labute approximate surface area is 177 Å². The van der Waals surface area contributed by atoms with E-state index in [2.05, 4.69) is 61.4 Å². The summed E-state index contributed by atoms with van der Waals surface area (Å²) in [5, 5.41) is 9.18. The van der Waals surface area contributed by atoms with Crippen molar-refractivity contribution in [3.63, 3.8) is 0 Å². The summed E-state index contributed by atoms with van der Waals surface area (Å²) in [6, 6.07) is 8.43. The van der Waals surface area contributed by atoms with E-state index < -0.39 is 0 Å². The zero-order valence-corrected chi connectivity index (χ0v) is 18.0. The minimum absolute atomic E-state index is 0.0680. The predicted octanol–water partition coefficient (Wildman–Crippen LogP) is 5.83. The van der Waals surface area contributed by atoms with Crippen molar-refractivity contribution in [3.05, 3.63) is 94.7 Å². The lowest BCUT2D eigenvalue weighted by Gasteiger charge is -2.28. The van der Waals surface area contributed by atoms with Gasteiger partial charge in [-0.2, -0.15) is 5.10 Å². The van der Waals surface area contributed by atoms with E-state index in [-0.39, 0.29) is 6.04 Å². The Balaban J connectivity index is 1.78. The van der Waals surface area contributed by atoms with Crippen molar-refractivity contribution in [2.45, 2.75) is 38.8 Å². The molecule has 0 saturated heterocycles. The normalized spacial score (nSPS) is 17.7. The molecule has 1 aromatic heterocycles. The zero-order chi connectivity index (χ0) is 20.7. The molecule has 0 spiro atoms. The van der Waals surface area contributed by atoms with Gasteiger partial charge in [-0.15, -0.1) is 0 Å². The molecule has 0 radical (unpaired) electrons. The van der Waals surface area contributed by atoms with E-state index in [1.54, 1.807) is 0 Å². The second-order valence-corrected chi connectivity index (χ2v) is 8.44. The largest absolute Gasteiger partial charge is 0.373 e. The van der Waals surface area contributed by atoms with Gasteiger partial charge in [0.05, 0.1) is 29.7 Å². The monoisotopic (exact) mass is 406 g/mol. The molecule has 2 heterocycles. The summed E-state index contributed by atoms with van der Waals surface area (Å²) in [5.74, 6) is 0. The molecular weight excluding hydrogens is 380 g/mol. The fourth-order valence-electron chi connectivity index (χ4n) is 3.78. The molecule has 1 saturated carbocycles. The van der Waals surface area contributed by atoms with Gasteiger partial charge in [0.1, 0.15) is 0 Å². The molecule has 4 nitrogen and oxygen atoms in total. The van der Waals surface area contributed by atoms with E-state index in [0.29, 0.717) is 6.04 Å². The Morgan fingerprint density at radius 2 is 1.97 bits per heavy atom. The average Bonchev–Trinajstić information content (AvgIpc) is 3.43. The number of allylic oxidation sites excluding steroid dienone is 3. The van der Waals surface area contributed by atoms with Crippen molar-refractivity contribution in [1.82, 2.24) is 20.0 Å². The van der Waals surface area contributed by atoms with Crippen molar-refractivity contribution in [1.29, 1.82) is 0 Å². The van der Waals surface area contributed by atoms with E-state index in [4.69, 9.17) is 16.7 Å². The van der Waals surface area contributed by atoms with Crippen LogP contribution >= 0.6 is 11.6 Å². The summed E-state index contributed by atoms with van der Waals surface area (Å²) in [7, 11) is 2.02. The molecule has 29 heavy (non-hydrogen) atoms. The van der Waals surface area contributed by atoms with Gasteiger partial charge >= 0.3 is 0 Å². The third-order valence-corrected chi connectivity index (χ3v) is 5.78. The highest BCUT2D eigenvalue weighted by Crippen LogP contribution is 2.40. The Hall–Kier alpha value is -2.72. The quantitative estimate of drug-likeness (QED) is 0.655. The summed E-state index contributed by atoms with van der Waals surface area (Å²) < 4.78 is 2.15. The third kappa shape index (κ3) is 3.90. The number of halogens is 1. The highest BCUT2D eigenvalue weighted by molar-refractivity contribution is 6.30. The van der Waals surface area contributed by atoms with Crippen LogP contribution in [-0.4, -0.2) is 21.7 Å². The Morgan fingerprint density at radius 3 is 2.55 bits per heavy atom. The van der Waals surface area contributed by atoms with E-state index in [1.807, 2.05) is 30.3 Å². The van der Waals surface area contributed by atoms with Gasteiger partial charge in [-0.1, -0.05) is 36.9 Å². The van der Waals surface area contributed by atoms with Crippen LogP contribution in [0.3, 0.4) is 0 Å². The van der Waals surface area contributed by atoms with Gasteiger partial charge < -0.3 is 10.2 Å². The Kier molecular flexibility index (Phi) is 5.13. The maximum atomic E-state index is 6.16. The van der Waals surface area contributed by atoms with Gasteiger partial charge in [0.25, 0.3) is 0 Å². The lowest BCUT2D eigenvalue weighted by atomic mass is 9.96. The SMILES string of the molecule is C=C(C)c1c(C(NC2=CN(C)C(=C)C(C)=C2)c2ccc(Cl)cc2)cnn1C1CC1. The summed E-state index contributed by atoms with van der Waals surface area (Å²) >= 11 is 6.16. The molecule has 1 N–H and O–H groups in total. The molecule has 1 fully saturated rings. The fraction of sp³-hybridized carbons (Fsp3) is 0.292. The lowest BCUT2D eigenvalue weighted by Crippen LogP contribution is -2.26. The molecule has 4 rings (SSSR count). The number of nitrogens with zero attached hydrogens (tertiary/aromatic N) is 3. The molecule has 0 amide bonds. The van der Waals surface area contributed by atoms with Crippen LogP contribution in [0.1, 0.15) is 55.6 Å². The van der Waals surface area contributed by atoms with E-state index >= 15 is 0 Å². The van der Waals surface area contributed by atoms with Gasteiger partial charge in [-0.25, -0.2) is 0 Å². The number of hydrogen-bond acceptors (Lipinski definition) is 3. The van der Waals surface area contributed by atoms with E-state index in [9.17, 15) is 0 Å². The first-order valence-corrected chi connectivity index (χ1v) is 10.3. The first kappa shape index (κ1) is 19.6. The summed E-state index contributed by atoms with van der Waals surface area (Å²) in [4.78, 5) is 2.05.